The number of halogens is 3. The summed E-state index contributed by atoms with van der Waals surface area (Å²) in [4.78, 5) is 120. The van der Waals surface area contributed by atoms with Crippen LogP contribution in [-0.2, 0) is 47.7 Å². The Bertz CT molecular complexity index is 5880. The van der Waals surface area contributed by atoms with Crippen LogP contribution in [0.15, 0.2) is 110 Å². The number of anilines is 3. The van der Waals surface area contributed by atoms with Crippen LogP contribution >= 0.6 is 0 Å². The Balaban J connectivity index is 0.000000169. The highest BCUT2D eigenvalue weighted by atomic mass is 19.1. The first-order valence-corrected chi connectivity index (χ1v) is 42.6. The number of rotatable bonds is 25. The van der Waals surface area contributed by atoms with E-state index >= 15 is 4.39 Å². The van der Waals surface area contributed by atoms with Gasteiger partial charge in [0.15, 0.2) is 6.17 Å². The van der Waals surface area contributed by atoms with Crippen molar-refractivity contribution in [2.24, 2.45) is 5.41 Å². The fourth-order valence-electron chi connectivity index (χ4n) is 17.8. The minimum absolute atomic E-state index is 0.220. The van der Waals surface area contributed by atoms with Gasteiger partial charge < -0.3 is 66.2 Å². The standard InChI is InChI=1S/C31H35FN6O5.C29H33FN6O4.C28H31FN6O4.C4H6O3/c1-19(39)42-29(3,4)27(32)18-35-28(41)23-17-34-25(26-6-5-22-13-21(15-33)16-36-38(22)26)14-24(23)37-30-7-10-31(11-8-30,12-9-30)43-20(2)40;1-18(37)40-29-9-6-28(7-10-29,8-11-29)35-22-13-23(24-5-4-20-12-19(14-31)15-34-36(20)24)32-16-21(22)26(38)33-17-25(30)27(2,3)39;1-26(2,39)23(29)16-32-24(36)19-15-31-21(22-4-3-18-11-17(13-30)14-33-35(18)22)12-20(19)34-28-8-5-27(6-9-28,7-10-28)25(37)38;1-3(5)7-4(2)6/h5-6,13-14,16-17,27H,7-12,18H2,1-4H3,(H,34,37)(H,35,41);4-5,12-13,15-16,25,39H,6-11,17H2,1-3H3,(H,32,35)(H,33,38);3-4,11-12,14-15,23,39H,5-10,16H2,1-2H3,(H,31,34)(H,32,36)(H,37,38);1-2H3/t27-,30?,31?;25-,28?,29?;23-,27?,28?;/m111./s1. The van der Waals surface area contributed by atoms with Crippen molar-refractivity contribution < 1.29 is 90.6 Å². The number of fused-ring (bicyclic) bond motifs is 12. The van der Waals surface area contributed by atoms with Gasteiger partial charge in [0, 0.05) is 69.8 Å². The molecule has 3 amide bonds. The van der Waals surface area contributed by atoms with Gasteiger partial charge in [-0.3, -0.25) is 58.1 Å². The Hall–Kier alpha value is -13.5. The van der Waals surface area contributed by atoms with Crippen LogP contribution in [0.1, 0.15) is 240 Å². The van der Waals surface area contributed by atoms with E-state index in [0.29, 0.717) is 131 Å². The van der Waals surface area contributed by atoms with Gasteiger partial charge in [-0.25, -0.2) is 26.7 Å². The first kappa shape index (κ1) is 94.7. The molecule has 9 aliphatic rings. The number of carbonyl (C=O) groups is 9. The van der Waals surface area contributed by atoms with Crippen LogP contribution in [-0.4, -0.2) is 195 Å². The molecule has 0 aliphatic heterocycles. The molecule has 0 spiro atoms. The molecule has 9 aromatic heterocycles. The number of nitrogens with zero attached hydrogens (tertiary/aromatic N) is 12. The summed E-state index contributed by atoms with van der Waals surface area (Å²) in [5.74, 6) is -4.62. The zero-order valence-corrected chi connectivity index (χ0v) is 73.6. The maximum absolute atomic E-state index is 15.0. The van der Waals surface area contributed by atoms with Gasteiger partial charge in [-0.2, -0.15) is 31.1 Å². The number of aromatic nitrogens is 9. The highest BCUT2D eigenvalue weighted by Crippen LogP contribution is 2.55. The quantitative estimate of drug-likeness (QED) is 0.0146. The molecule has 9 N–H and O–H groups in total. The van der Waals surface area contributed by atoms with Crippen molar-refractivity contribution in [2.45, 2.75) is 255 Å². The van der Waals surface area contributed by atoms with Gasteiger partial charge in [0.1, 0.15) is 47.4 Å². The summed E-state index contributed by atoms with van der Waals surface area (Å²) in [5, 5.41) is 89.0. The van der Waals surface area contributed by atoms with E-state index in [1.54, 1.807) is 49.9 Å². The van der Waals surface area contributed by atoms with E-state index in [4.69, 9.17) is 14.2 Å². The van der Waals surface area contributed by atoms with Crippen molar-refractivity contribution in [1.29, 1.82) is 15.8 Å². The molecule has 18 rings (SSSR count). The number of nitrogens with one attached hydrogen (secondary N) is 6. The van der Waals surface area contributed by atoms with Crippen LogP contribution in [0, 0.1) is 39.4 Å². The lowest BCUT2D eigenvalue weighted by atomic mass is 9.57. The molecular formula is C92H105F3N18O16. The van der Waals surface area contributed by atoms with Crippen LogP contribution < -0.4 is 31.9 Å². The number of hydrogen-bond acceptors (Lipinski definition) is 27. The molecule has 129 heavy (non-hydrogen) atoms. The summed E-state index contributed by atoms with van der Waals surface area (Å²) in [7, 11) is 0. The monoisotopic (exact) mass is 1770 g/mol. The molecular weight excluding hydrogens is 1670 g/mol. The summed E-state index contributed by atoms with van der Waals surface area (Å²) in [6.07, 6.45) is 16.2. The molecule has 0 aromatic carbocycles. The Morgan fingerprint density at radius 3 is 0.953 bits per heavy atom. The zero-order valence-electron chi connectivity index (χ0n) is 73.6. The van der Waals surface area contributed by atoms with Crippen molar-refractivity contribution in [3.63, 3.8) is 0 Å². The lowest BCUT2D eigenvalue weighted by molar-refractivity contribution is -0.169. The van der Waals surface area contributed by atoms with E-state index < -0.39 is 93.5 Å². The first-order valence-electron chi connectivity index (χ1n) is 42.6. The molecule has 680 valence electrons. The average Bonchev–Trinajstić information content (AvgIpc) is 1.25. The summed E-state index contributed by atoms with van der Waals surface area (Å²) in [5.41, 5.74) is 2.24. The van der Waals surface area contributed by atoms with Crippen LogP contribution in [0.3, 0.4) is 0 Å². The Labute approximate surface area is 741 Å². The number of aliphatic hydroxyl groups is 2. The van der Waals surface area contributed by atoms with Crippen LogP contribution in [0.4, 0.5) is 30.2 Å². The van der Waals surface area contributed by atoms with Gasteiger partial charge in [0.25, 0.3) is 17.7 Å². The van der Waals surface area contributed by atoms with Gasteiger partial charge in [0.2, 0.25) is 0 Å². The smallest absolute Gasteiger partial charge is 0.310 e. The highest BCUT2D eigenvalue weighted by molar-refractivity contribution is 6.02. The number of amides is 3. The minimum Gasteiger partial charge on any atom is -0.481 e. The molecule has 0 unspecified atom stereocenters. The van der Waals surface area contributed by atoms with Gasteiger partial charge in [-0.05, 0) is 230 Å². The van der Waals surface area contributed by atoms with Gasteiger partial charge in [-0.1, -0.05) is 0 Å². The third kappa shape index (κ3) is 21.9. The molecule has 6 bridgehead atoms. The van der Waals surface area contributed by atoms with Crippen molar-refractivity contribution in [3.05, 3.63) is 143 Å². The Morgan fingerprint density at radius 2 is 0.705 bits per heavy atom. The fourth-order valence-corrected chi connectivity index (χ4v) is 17.8. The first-order chi connectivity index (χ1) is 60.8. The van der Waals surface area contributed by atoms with Crippen LogP contribution in [0.5, 0.6) is 0 Å². The Morgan fingerprint density at radius 1 is 0.419 bits per heavy atom. The summed E-state index contributed by atoms with van der Waals surface area (Å²) < 4.78 is 69.2. The molecule has 3 atom stereocenters. The van der Waals surface area contributed by atoms with Gasteiger partial charge in [0.05, 0.1) is 156 Å². The van der Waals surface area contributed by atoms with Crippen molar-refractivity contribution in [3.8, 4) is 52.4 Å². The van der Waals surface area contributed by atoms with E-state index in [-0.39, 0.29) is 64.9 Å². The van der Waals surface area contributed by atoms with Crippen LogP contribution in [0.25, 0.3) is 50.7 Å². The highest BCUT2D eigenvalue weighted by Gasteiger charge is 2.55. The van der Waals surface area contributed by atoms with Gasteiger partial charge in [-0.15, -0.1) is 0 Å². The lowest BCUT2D eigenvalue weighted by Crippen LogP contribution is -2.55. The number of esters is 5. The largest absolute Gasteiger partial charge is 0.481 e. The number of carbonyl (C=O) groups excluding carboxylic acids is 8. The summed E-state index contributed by atoms with van der Waals surface area (Å²) >= 11 is 0. The molecule has 9 aromatic rings. The number of nitriles is 3. The lowest BCUT2D eigenvalue weighted by Gasteiger charge is -2.53. The maximum Gasteiger partial charge on any atom is 0.310 e. The second-order valence-corrected chi connectivity index (χ2v) is 36.1. The zero-order chi connectivity index (χ0) is 93.6. The predicted octanol–water partition coefficient (Wildman–Crippen LogP) is 12.2. The van der Waals surface area contributed by atoms with Gasteiger partial charge >= 0.3 is 35.8 Å². The maximum atomic E-state index is 15.0. The molecule has 9 heterocycles. The second-order valence-electron chi connectivity index (χ2n) is 36.1. The molecule has 9 aliphatic carbocycles. The van der Waals surface area contributed by atoms with E-state index in [1.807, 2.05) is 36.4 Å². The SMILES string of the molecule is CC(=O)OC(C)=O.CC(=O)OC12CCC(Nc3cc(-c4ccc5cc(C#N)cnn45)ncc3C(=O)NC[C@@H](F)C(C)(C)O)(CC1)CC2.CC(=O)OC12CCC(Nc3cc(-c4ccc5cc(C#N)cnn45)ncc3C(=O)NC[C@@H](F)C(C)(C)OC(C)=O)(CC1)CC2.CC(C)(O)[C@H](F)CNC(=O)c1cnc(-c2ccc3cc(C#N)cnn23)cc1NC12CCC(C(=O)O)(CC1)CC2. The summed E-state index contributed by atoms with van der Waals surface area (Å²) in [6.45, 7) is 13.6. The predicted molar refractivity (Wildman–Crippen MR) is 463 cm³/mol. The van der Waals surface area contributed by atoms with Crippen molar-refractivity contribution in [2.75, 3.05) is 35.6 Å². The molecule has 0 radical (unpaired) electrons. The van der Waals surface area contributed by atoms with Crippen molar-refractivity contribution in [1.82, 2.24) is 59.7 Å². The summed E-state index contributed by atoms with van der Waals surface area (Å²) in [6, 6.07) is 27.7. The fraction of sp³-hybridized carbons (Fsp3) is 0.478. The number of carboxylic acids is 1. The third-order valence-electron chi connectivity index (χ3n) is 25.4. The van der Waals surface area contributed by atoms with Crippen molar-refractivity contribution >= 4 is 87.1 Å². The van der Waals surface area contributed by atoms with E-state index in [9.17, 15) is 83.0 Å². The second kappa shape index (κ2) is 37.8. The molecule has 37 heteroatoms. The topological polar surface area (TPSA) is 485 Å². The van der Waals surface area contributed by atoms with E-state index in [2.05, 4.69) is 85.1 Å². The molecule has 0 saturated heterocycles. The van der Waals surface area contributed by atoms with Crippen LogP contribution in [0.2, 0.25) is 0 Å². The minimum atomic E-state index is -1.67. The third-order valence-corrected chi connectivity index (χ3v) is 25.4. The normalized spacial score (nSPS) is 21.9. The van der Waals surface area contributed by atoms with E-state index in [0.717, 1.165) is 68.8 Å². The van der Waals surface area contributed by atoms with E-state index in [1.165, 1.54) is 113 Å². The number of alkyl halides is 3. The number of carboxylic acid groups (broad SMARTS) is 1. The number of hydrogen-bond donors (Lipinski definition) is 9. The molecule has 34 nitrogen and oxygen atoms in total. The molecule has 9 fully saturated rings. The molecule has 9 saturated carbocycles. The number of aliphatic carboxylic acids is 1. The number of pyridine rings is 3. The average molecular weight is 1780 g/mol. The Kier molecular flexibility index (Phi) is 27.8. The number of ether oxygens (including phenoxy) is 4.